The van der Waals surface area contributed by atoms with E-state index in [4.69, 9.17) is 0 Å². The number of nitrogens with one attached hydrogen (secondary N) is 2. The molecule has 0 bridgehead atoms. The van der Waals surface area contributed by atoms with Crippen molar-refractivity contribution in [3.8, 4) is 0 Å². The molecular weight excluding hydrogens is 369 g/mol. The first kappa shape index (κ1) is 20.2. The van der Waals surface area contributed by atoms with Crippen molar-refractivity contribution >= 4 is 17.5 Å². The number of anilines is 1. The smallest absolute Gasteiger partial charge is 0.274 e. The number of benzene rings is 2. The normalized spacial score (nSPS) is 10.4. The minimum atomic E-state index is -0.414. The molecule has 2 aromatic carbocycles. The van der Waals surface area contributed by atoms with Crippen molar-refractivity contribution in [2.45, 2.75) is 20.3 Å². The van der Waals surface area contributed by atoms with E-state index in [1.165, 1.54) is 12.1 Å². The Kier molecular flexibility index (Phi) is 6.34. The molecule has 3 aromatic rings. The lowest BCUT2D eigenvalue weighted by atomic mass is 10.1. The predicted molar refractivity (Wildman–Crippen MR) is 111 cm³/mol. The molecular formula is C23H22FN3O2. The first-order chi connectivity index (χ1) is 14.0. The Morgan fingerprint density at radius 2 is 1.48 bits per heavy atom. The highest BCUT2D eigenvalue weighted by atomic mass is 19.1. The second-order valence-corrected chi connectivity index (χ2v) is 6.73. The van der Waals surface area contributed by atoms with Crippen LogP contribution in [-0.4, -0.2) is 23.3 Å². The summed E-state index contributed by atoms with van der Waals surface area (Å²) in [4.78, 5) is 29.1. The third-order valence-electron chi connectivity index (χ3n) is 4.57. The van der Waals surface area contributed by atoms with Gasteiger partial charge in [-0.05, 0) is 55.2 Å². The van der Waals surface area contributed by atoms with Gasteiger partial charge in [-0.15, -0.1) is 0 Å². The van der Waals surface area contributed by atoms with Gasteiger partial charge in [0.1, 0.15) is 17.2 Å². The Morgan fingerprint density at radius 1 is 0.862 bits per heavy atom. The van der Waals surface area contributed by atoms with E-state index in [1.807, 2.05) is 32.0 Å². The SMILES string of the molecule is Cc1cccc(C)c1NC(=O)c1cccc(C(=O)NCCc2ccccc2F)n1. The van der Waals surface area contributed by atoms with Crippen LogP contribution in [0, 0.1) is 19.7 Å². The first-order valence-electron chi connectivity index (χ1n) is 9.32. The molecule has 0 spiro atoms. The molecule has 1 heterocycles. The van der Waals surface area contributed by atoms with Crippen molar-refractivity contribution < 1.29 is 14.0 Å². The zero-order valence-electron chi connectivity index (χ0n) is 16.3. The van der Waals surface area contributed by atoms with E-state index in [0.29, 0.717) is 12.0 Å². The number of hydrogen-bond donors (Lipinski definition) is 2. The van der Waals surface area contributed by atoms with Crippen molar-refractivity contribution in [2.24, 2.45) is 0 Å². The van der Waals surface area contributed by atoms with Crippen LogP contribution in [0.25, 0.3) is 0 Å². The third-order valence-corrected chi connectivity index (χ3v) is 4.57. The van der Waals surface area contributed by atoms with Crippen molar-refractivity contribution in [1.29, 1.82) is 0 Å². The average molecular weight is 391 g/mol. The number of aromatic nitrogens is 1. The number of carbonyl (C=O) groups is 2. The lowest BCUT2D eigenvalue weighted by Crippen LogP contribution is -2.27. The number of pyridine rings is 1. The standard InChI is InChI=1S/C23H22FN3O2/c1-15-7-5-8-16(2)21(15)27-23(29)20-12-6-11-19(26-20)22(28)25-14-13-17-9-3-4-10-18(17)24/h3-12H,13-14H2,1-2H3,(H,25,28)(H,27,29). The summed E-state index contributed by atoms with van der Waals surface area (Å²) < 4.78 is 13.6. The van der Waals surface area contributed by atoms with Gasteiger partial charge in [0.15, 0.2) is 0 Å². The van der Waals surface area contributed by atoms with E-state index in [-0.39, 0.29) is 29.7 Å². The third kappa shape index (κ3) is 5.04. The van der Waals surface area contributed by atoms with Gasteiger partial charge in [0.05, 0.1) is 0 Å². The van der Waals surface area contributed by atoms with Crippen LogP contribution < -0.4 is 10.6 Å². The van der Waals surface area contributed by atoms with Crippen molar-refractivity contribution in [3.05, 3.63) is 94.6 Å². The number of aryl methyl sites for hydroxylation is 2. The number of carbonyl (C=O) groups excluding carboxylic acids is 2. The number of amides is 2. The fraction of sp³-hybridized carbons (Fsp3) is 0.174. The molecule has 0 radical (unpaired) electrons. The first-order valence-corrected chi connectivity index (χ1v) is 9.32. The van der Waals surface area contributed by atoms with Gasteiger partial charge >= 0.3 is 0 Å². The van der Waals surface area contributed by atoms with Gasteiger partial charge in [0.2, 0.25) is 0 Å². The maximum absolute atomic E-state index is 13.6. The largest absolute Gasteiger partial charge is 0.350 e. The summed E-state index contributed by atoms with van der Waals surface area (Å²) in [6.45, 7) is 4.09. The van der Waals surface area contributed by atoms with Crippen LogP contribution in [0.2, 0.25) is 0 Å². The predicted octanol–water partition coefficient (Wildman–Crippen LogP) is 4.06. The summed E-state index contributed by atoms with van der Waals surface area (Å²) in [6.07, 6.45) is 0.366. The van der Waals surface area contributed by atoms with Crippen LogP contribution in [0.1, 0.15) is 37.7 Å². The number of halogens is 1. The maximum Gasteiger partial charge on any atom is 0.274 e. The number of nitrogens with zero attached hydrogens (tertiary/aromatic N) is 1. The lowest BCUT2D eigenvalue weighted by Gasteiger charge is -2.11. The summed E-state index contributed by atoms with van der Waals surface area (Å²) >= 11 is 0. The Balaban J connectivity index is 1.64. The van der Waals surface area contributed by atoms with Gasteiger partial charge in [-0.25, -0.2) is 9.37 Å². The molecule has 0 aliphatic carbocycles. The quantitative estimate of drug-likeness (QED) is 0.666. The monoisotopic (exact) mass is 391 g/mol. The van der Waals surface area contributed by atoms with E-state index < -0.39 is 5.91 Å². The number of hydrogen-bond acceptors (Lipinski definition) is 3. The Hall–Kier alpha value is -3.54. The molecule has 5 nitrogen and oxygen atoms in total. The number of rotatable bonds is 6. The minimum Gasteiger partial charge on any atom is -0.350 e. The molecule has 6 heteroatoms. The molecule has 0 aliphatic rings. The van der Waals surface area contributed by atoms with E-state index in [0.717, 1.165) is 16.8 Å². The van der Waals surface area contributed by atoms with E-state index >= 15 is 0 Å². The summed E-state index contributed by atoms with van der Waals surface area (Å²) in [5, 5.41) is 5.57. The fourth-order valence-electron chi connectivity index (χ4n) is 2.98. The van der Waals surface area contributed by atoms with E-state index in [1.54, 1.807) is 30.3 Å². The molecule has 1 aromatic heterocycles. The van der Waals surface area contributed by atoms with Crippen molar-refractivity contribution in [3.63, 3.8) is 0 Å². The summed E-state index contributed by atoms with van der Waals surface area (Å²) in [5.74, 6) is -1.10. The molecule has 148 valence electrons. The minimum absolute atomic E-state index is 0.132. The van der Waals surface area contributed by atoms with Crippen LogP contribution >= 0.6 is 0 Å². The molecule has 3 rings (SSSR count). The van der Waals surface area contributed by atoms with Gasteiger partial charge in [0, 0.05) is 12.2 Å². The lowest BCUT2D eigenvalue weighted by molar-refractivity contribution is 0.0949. The van der Waals surface area contributed by atoms with Gasteiger partial charge in [-0.2, -0.15) is 0 Å². The molecule has 0 unspecified atom stereocenters. The maximum atomic E-state index is 13.6. The van der Waals surface area contributed by atoms with Gasteiger partial charge in [-0.1, -0.05) is 42.5 Å². The highest BCUT2D eigenvalue weighted by Gasteiger charge is 2.14. The molecule has 0 atom stereocenters. The second kappa shape index (κ2) is 9.10. The van der Waals surface area contributed by atoms with Gasteiger partial charge in [-0.3, -0.25) is 9.59 Å². The van der Waals surface area contributed by atoms with Crippen LogP contribution in [0.3, 0.4) is 0 Å². The molecule has 0 saturated carbocycles. The van der Waals surface area contributed by atoms with Gasteiger partial charge < -0.3 is 10.6 Å². The zero-order chi connectivity index (χ0) is 20.8. The summed E-state index contributed by atoms with van der Waals surface area (Å²) in [6, 6.07) is 16.9. The topological polar surface area (TPSA) is 71.1 Å². The Morgan fingerprint density at radius 3 is 2.17 bits per heavy atom. The Labute approximate surface area is 169 Å². The van der Waals surface area contributed by atoms with Gasteiger partial charge in [0.25, 0.3) is 11.8 Å². The molecule has 29 heavy (non-hydrogen) atoms. The number of para-hydroxylation sites is 1. The molecule has 0 fully saturated rings. The van der Waals surface area contributed by atoms with Crippen LogP contribution in [-0.2, 0) is 6.42 Å². The van der Waals surface area contributed by atoms with Crippen LogP contribution in [0.4, 0.5) is 10.1 Å². The van der Waals surface area contributed by atoms with Crippen LogP contribution in [0.5, 0.6) is 0 Å². The average Bonchev–Trinajstić information content (AvgIpc) is 2.72. The van der Waals surface area contributed by atoms with E-state index in [9.17, 15) is 14.0 Å². The highest BCUT2D eigenvalue weighted by Crippen LogP contribution is 2.20. The van der Waals surface area contributed by atoms with Crippen molar-refractivity contribution in [2.75, 3.05) is 11.9 Å². The summed E-state index contributed by atoms with van der Waals surface area (Å²) in [7, 11) is 0. The molecule has 0 aliphatic heterocycles. The van der Waals surface area contributed by atoms with Crippen molar-refractivity contribution in [1.82, 2.24) is 10.3 Å². The van der Waals surface area contributed by atoms with Crippen LogP contribution in [0.15, 0.2) is 60.7 Å². The zero-order valence-corrected chi connectivity index (χ0v) is 16.3. The summed E-state index contributed by atoms with van der Waals surface area (Å²) in [5.41, 5.74) is 3.43. The Bertz CT molecular complexity index is 1030. The highest BCUT2D eigenvalue weighted by molar-refractivity contribution is 6.04. The second-order valence-electron chi connectivity index (χ2n) is 6.73. The molecule has 0 saturated heterocycles. The molecule has 2 N–H and O–H groups in total. The molecule has 2 amide bonds. The fourth-order valence-corrected chi connectivity index (χ4v) is 2.98. The van der Waals surface area contributed by atoms with E-state index in [2.05, 4.69) is 15.6 Å².